The Bertz CT molecular complexity index is 605. The Kier molecular flexibility index (Phi) is 3.42. The van der Waals surface area contributed by atoms with Gasteiger partial charge in [0.05, 0.1) is 12.6 Å². The van der Waals surface area contributed by atoms with Crippen LogP contribution in [-0.4, -0.2) is 44.3 Å². The maximum absolute atomic E-state index is 11.3. The van der Waals surface area contributed by atoms with Crippen LogP contribution in [0.25, 0.3) is 11.3 Å². The second kappa shape index (κ2) is 5.38. The van der Waals surface area contributed by atoms with Crippen molar-refractivity contribution in [2.24, 2.45) is 0 Å². The molecule has 1 saturated heterocycles. The fourth-order valence-electron chi connectivity index (χ4n) is 2.38. The molecule has 0 saturated carbocycles. The second-order valence-electron chi connectivity index (χ2n) is 4.65. The van der Waals surface area contributed by atoms with Gasteiger partial charge in [-0.15, -0.1) is 5.10 Å². The van der Waals surface area contributed by atoms with Crippen LogP contribution in [0.4, 0.5) is 0 Å². The first-order chi connectivity index (χ1) is 9.77. The van der Waals surface area contributed by atoms with E-state index in [1.807, 2.05) is 0 Å². The number of carboxylic acids is 1. The van der Waals surface area contributed by atoms with Crippen molar-refractivity contribution < 1.29 is 14.6 Å². The summed E-state index contributed by atoms with van der Waals surface area (Å²) in [6.07, 6.45) is 5.09. The molecule has 0 bridgehead atoms. The first kappa shape index (κ1) is 12.7. The number of nitrogens with zero attached hydrogens (tertiary/aromatic N) is 4. The Hall–Kier alpha value is -2.28. The molecule has 1 fully saturated rings. The molecule has 0 spiro atoms. The van der Waals surface area contributed by atoms with E-state index in [0.29, 0.717) is 17.9 Å². The summed E-state index contributed by atoms with van der Waals surface area (Å²) in [6.45, 7) is 1.26. The third-order valence-corrected chi connectivity index (χ3v) is 3.31. The molecule has 0 aromatic carbocycles. The van der Waals surface area contributed by atoms with E-state index in [2.05, 4.69) is 15.3 Å². The highest BCUT2D eigenvalue weighted by Gasteiger charge is 2.26. The lowest BCUT2D eigenvalue weighted by molar-refractivity contribution is 0.0548. The molecular formula is C13H14N4O3. The number of aromatic carboxylic acids is 1. The van der Waals surface area contributed by atoms with E-state index in [1.54, 1.807) is 29.2 Å². The minimum atomic E-state index is -1.09. The van der Waals surface area contributed by atoms with Gasteiger partial charge in [-0.25, -0.2) is 9.48 Å². The summed E-state index contributed by atoms with van der Waals surface area (Å²) in [5, 5.41) is 17.1. The summed E-state index contributed by atoms with van der Waals surface area (Å²) < 4.78 is 7.10. The van der Waals surface area contributed by atoms with E-state index in [4.69, 9.17) is 4.74 Å². The molecule has 0 amide bonds. The maximum atomic E-state index is 11.3. The molecular weight excluding hydrogens is 260 g/mol. The highest BCUT2D eigenvalue weighted by atomic mass is 16.5. The number of rotatable bonds is 3. The standard InChI is InChI=1S/C13H14N4O3/c18-13(19)11-12(9-3-1-5-14-7-9)17(16-15-11)10-4-2-6-20-8-10/h1,3,5,7,10H,2,4,6,8H2,(H,18,19). The van der Waals surface area contributed by atoms with Gasteiger partial charge in [-0.3, -0.25) is 4.98 Å². The molecule has 7 heteroatoms. The number of carboxylic acid groups (broad SMARTS) is 1. The monoisotopic (exact) mass is 274 g/mol. The van der Waals surface area contributed by atoms with Gasteiger partial charge in [-0.1, -0.05) is 5.21 Å². The molecule has 1 aliphatic heterocycles. The van der Waals surface area contributed by atoms with E-state index in [0.717, 1.165) is 19.4 Å². The predicted molar refractivity (Wildman–Crippen MR) is 69.3 cm³/mol. The van der Waals surface area contributed by atoms with Crippen LogP contribution >= 0.6 is 0 Å². The van der Waals surface area contributed by atoms with Gasteiger partial charge < -0.3 is 9.84 Å². The fourth-order valence-corrected chi connectivity index (χ4v) is 2.38. The molecule has 0 radical (unpaired) electrons. The van der Waals surface area contributed by atoms with Gasteiger partial charge in [0.15, 0.2) is 5.69 Å². The zero-order chi connectivity index (χ0) is 13.9. The zero-order valence-corrected chi connectivity index (χ0v) is 10.8. The average molecular weight is 274 g/mol. The van der Waals surface area contributed by atoms with Crippen molar-refractivity contribution >= 4 is 5.97 Å². The van der Waals surface area contributed by atoms with Crippen LogP contribution in [0.5, 0.6) is 0 Å². The number of aromatic nitrogens is 4. The zero-order valence-electron chi connectivity index (χ0n) is 10.8. The summed E-state index contributed by atoms with van der Waals surface area (Å²) in [5.41, 5.74) is 1.13. The van der Waals surface area contributed by atoms with Crippen molar-refractivity contribution in [1.29, 1.82) is 0 Å². The van der Waals surface area contributed by atoms with Crippen molar-refractivity contribution in [1.82, 2.24) is 20.0 Å². The predicted octanol–water partition coefficient (Wildman–Crippen LogP) is 1.39. The van der Waals surface area contributed by atoms with Gasteiger partial charge in [0, 0.05) is 24.6 Å². The van der Waals surface area contributed by atoms with E-state index in [1.165, 1.54) is 0 Å². The number of carbonyl (C=O) groups is 1. The molecule has 3 rings (SSSR count). The van der Waals surface area contributed by atoms with Crippen molar-refractivity contribution in [2.75, 3.05) is 13.2 Å². The summed E-state index contributed by atoms with van der Waals surface area (Å²) in [4.78, 5) is 15.4. The van der Waals surface area contributed by atoms with Gasteiger partial charge in [-0.05, 0) is 25.0 Å². The Labute approximate surface area is 115 Å². The van der Waals surface area contributed by atoms with Crippen molar-refractivity contribution in [2.45, 2.75) is 18.9 Å². The van der Waals surface area contributed by atoms with Crippen molar-refractivity contribution in [3.63, 3.8) is 0 Å². The van der Waals surface area contributed by atoms with E-state index in [9.17, 15) is 9.90 Å². The van der Waals surface area contributed by atoms with Crippen LogP contribution < -0.4 is 0 Å². The third kappa shape index (κ3) is 2.27. The largest absolute Gasteiger partial charge is 0.476 e. The highest BCUT2D eigenvalue weighted by Crippen LogP contribution is 2.28. The number of pyridine rings is 1. The number of hydrogen-bond acceptors (Lipinski definition) is 5. The molecule has 1 aliphatic rings. The van der Waals surface area contributed by atoms with Crippen LogP contribution in [0, 0.1) is 0 Å². The minimum Gasteiger partial charge on any atom is -0.476 e. The Balaban J connectivity index is 2.08. The summed E-state index contributed by atoms with van der Waals surface area (Å²) in [5.74, 6) is -1.09. The molecule has 104 valence electrons. The van der Waals surface area contributed by atoms with E-state index in [-0.39, 0.29) is 11.7 Å². The molecule has 7 nitrogen and oxygen atoms in total. The molecule has 1 N–H and O–H groups in total. The molecule has 1 unspecified atom stereocenters. The van der Waals surface area contributed by atoms with Gasteiger partial charge >= 0.3 is 5.97 Å². The molecule has 2 aromatic rings. The molecule has 0 aliphatic carbocycles. The minimum absolute atomic E-state index is 0.0135. The fraction of sp³-hybridized carbons (Fsp3) is 0.385. The quantitative estimate of drug-likeness (QED) is 0.909. The first-order valence-corrected chi connectivity index (χ1v) is 6.44. The molecule has 2 aromatic heterocycles. The Morgan fingerprint density at radius 3 is 3.05 bits per heavy atom. The number of ether oxygens (including phenoxy) is 1. The Morgan fingerprint density at radius 1 is 1.50 bits per heavy atom. The second-order valence-corrected chi connectivity index (χ2v) is 4.65. The molecule has 1 atom stereocenters. The van der Waals surface area contributed by atoms with Gasteiger partial charge in [0.25, 0.3) is 0 Å². The third-order valence-electron chi connectivity index (χ3n) is 3.31. The van der Waals surface area contributed by atoms with Crippen LogP contribution in [0.2, 0.25) is 0 Å². The molecule has 3 heterocycles. The summed E-state index contributed by atoms with van der Waals surface area (Å²) in [7, 11) is 0. The maximum Gasteiger partial charge on any atom is 0.358 e. The first-order valence-electron chi connectivity index (χ1n) is 6.44. The normalized spacial score (nSPS) is 18.9. The smallest absolute Gasteiger partial charge is 0.358 e. The lowest BCUT2D eigenvalue weighted by Gasteiger charge is -2.23. The van der Waals surface area contributed by atoms with Crippen molar-refractivity contribution in [3.8, 4) is 11.3 Å². The average Bonchev–Trinajstić information content (AvgIpc) is 2.94. The summed E-state index contributed by atoms with van der Waals surface area (Å²) in [6, 6.07) is 3.58. The SMILES string of the molecule is O=C(O)c1nnn(C2CCCOC2)c1-c1cccnc1. The van der Waals surface area contributed by atoms with Crippen LogP contribution in [0.15, 0.2) is 24.5 Å². The Morgan fingerprint density at radius 2 is 2.40 bits per heavy atom. The van der Waals surface area contributed by atoms with Gasteiger partial charge in [0.1, 0.15) is 5.69 Å². The van der Waals surface area contributed by atoms with Crippen LogP contribution in [0.3, 0.4) is 0 Å². The molecule has 20 heavy (non-hydrogen) atoms. The van der Waals surface area contributed by atoms with E-state index >= 15 is 0 Å². The van der Waals surface area contributed by atoms with Gasteiger partial charge in [-0.2, -0.15) is 0 Å². The number of hydrogen-bond donors (Lipinski definition) is 1. The lowest BCUT2D eigenvalue weighted by atomic mass is 10.1. The summed E-state index contributed by atoms with van der Waals surface area (Å²) >= 11 is 0. The van der Waals surface area contributed by atoms with Crippen molar-refractivity contribution in [3.05, 3.63) is 30.2 Å². The van der Waals surface area contributed by atoms with Crippen LogP contribution in [0.1, 0.15) is 29.4 Å². The topological polar surface area (TPSA) is 90.1 Å². The highest BCUT2D eigenvalue weighted by molar-refractivity contribution is 5.92. The lowest BCUT2D eigenvalue weighted by Crippen LogP contribution is -2.23. The van der Waals surface area contributed by atoms with Crippen LogP contribution in [-0.2, 0) is 4.74 Å². The van der Waals surface area contributed by atoms with Gasteiger partial charge in [0.2, 0.25) is 0 Å². The van der Waals surface area contributed by atoms with E-state index < -0.39 is 5.97 Å².